The van der Waals surface area contributed by atoms with Gasteiger partial charge in [0.05, 0.1) is 22.7 Å². The predicted octanol–water partition coefficient (Wildman–Crippen LogP) is 4.18. The van der Waals surface area contributed by atoms with E-state index in [1.54, 1.807) is 22.2 Å². The average molecular weight is 376 g/mol. The summed E-state index contributed by atoms with van der Waals surface area (Å²) in [4.78, 5) is 13.9. The van der Waals surface area contributed by atoms with Gasteiger partial charge in [0.1, 0.15) is 5.69 Å². The van der Waals surface area contributed by atoms with Crippen LogP contribution in [-0.2, 0) is 13.6 Å². The van der Waals surface area contributed by atoms with E-state index in [0.717, 1.165) is 22.0 Å². The third-order valence-electron chi connectivity index (χ3n) is 4.64. The summed E-state index contributed by atoms with van der Waals surface area (Å²) < 4.78 is 3.84. The summed E-state index contributed by atoms with van der Waals surface area (Å²) >= 11 is 1.58. The van der Waals surface area contributed by atoms with Crippen molar-refractivity contribution < 1.29 is 4.79 Å². The molecule has 0 fully saturated rings. The maximum atomic E-state index is 12.9. The first kappa shape index (κ1) is 17.3. The van der Waals surface area contributed by atoms with Gasteiger partial charge in [0, 0.05) is 24.6 Å². The van der Waals surface area contributed by atoms with Crippen LogP contribution in [0.5, 0.6) is 0 Å². The van der Waals surface area contributed by atoms with Crippen molar-refractivity contribution in [2.45, 2.75) is 13.5 Å². The molecule has 0 aliphatic rings. The Morgan fingerprint density at radius 2 is 1.93 bits per heavy atom. The van der Waals surface area contributed by atoms with Gasteiger partial charge in [-0.25, -0.2) is 4.68 Å². The Bertz CT molecular complexity index is 1060. The lowest BCUT2D eigenvalue weighted by molar-refractivity contribution is 0.0951. The Labute approximate surface area is 161 Å². The van der Waals surface area contributed by atoms with E-state index < -0.39 is 0 Å². The summed E-state index contributed by atoms with van der Waals surface area (Å²) in [5, 5.41) is 9.70. The monoisotopic (exact) mass is 376 g/mol. The zero-order valence-electron chi connectivity index (χ0n) is 15.2. The van der Waals surface area contributed by atoms with Gasteiger partial charge in [-0.2, -0.15) is 5.10 Å². The van der Waals surface area contributed by atoms with Crippen molar-refractivity contribution >= 4 is 17.2 Å². The molecule has 0 saturated heterocycles. The highest BCUT2D eigenvalue weighted by Crippen LogP contribution is 2.27. The van der Waals surface area contributed by atoms with Crippen molar-refractivity contribution in [3.8, 4) is 16.3 Å². The standard InChI is InChI=1S/C21H20N4OS/c1-15-10-11-17(24(15)2)13-22-21(26)18-14-25(16-7-4-3-5-8-16)23-20(18)19-9-6-12-27-19/h3-12,14H,13H2,1-2H3,(H,22,26). The fraction of sp³-hybridized carbons (Fsp3) is 0.143. The molecular formula is C21H20N4OS. The van der Waals surface area contributed by atoms with Gasteiger partial charge >= 0.3 is 0 Å². The van der Waals surface area contributed by atoms with Crippen LogP contribution in [0.1, 0.15) is 21.7 Å². The molecule has 0 radical (unpaired) electrons. The van der Waals surface area contributed by atoms with Gasteiger partial charge in [0.2, 0.25) is 0 Å². The minimum absolute atomic E-state index is 0.126. The van der Waals surface area contributed by atoms with Crippen LogP contribution in [0, 0.1) is 6.92 Å². The van der Waals surface area contributed by atoms with E-state index in [4.69, 9.17) is 0 Å². The van der Waals surface area contributed by atoms with Crippen molar-refractivity contribution in [1.82, 2.24) is 19.7 Å². The normalized spacial score (nSPS) is 10.9. The Hall–Kier alpha value is -3.12. The second kappa shape index (κ2) is 7.25. The van der Waals surface area contributed by atoms with Gasteiger partial charge in [-0.05, 0) is 42.6 Å². The Kier molecular flexibility index (Phi) is 4.64. The van der Waals surface area contributed by atoms with E-state index in [2.05, 4.69) is 15.0 Å². The molecule has 0 unspecified atom stereocenters. The number of nitrogens with zero attached hydrogens (tertiary/aromatic N) is 3. The topological polar surface area (TPSA) is 51.9 Å². The summed E-state index contributed by atoms with van der Waals surface area (Å²) in [7, 11) is 2.00. The van der Waals surface area contributed by atoms with E-state index in [9.17, 15) is 4.79 Å². The molecule has 1 aromatic carbocycles. The molecule has 0 bridgehead atoms. The summed E-state index contributed by atoms with van der Waals surface area (Å²) in [6.07, 6.45) is 1.80. The molecule has 0 saturated carbocycles. The SMILES string of the molecule is Cc1ccc(CNC(=O)c2cn(-c3ccccc3)nc2-c2cccs2)n1C. The van der Waals surface area contributed by atoms with E-state index in [1.165, 1.54) is 0 Å². The Morgan fingerprint density at radius 1 is 1.11 bits per heavy atom. The van der Waals surface area contributed by atoms with E-state index in [1.807, 2.05) is 73.9 Å². The number of amides is 1. The Morgan fingerprint density at radius 3 is 2.59 bits per heavy atom. The fourth-order valence-corrected chi connectivity index (χ4v) is 3.68. The molecule has 4 rings (SSSR count). The molecular weight excluding hydrogens is 356 g/mol. The number of hydrogen-bond donors (Lipinski definition) is 1. The summed E-state index contributed by atoms with van der Waals surface area (Å²) in [6, 6.07) is 17.9. The maximum Gasteiger partial charge on any atom is 0.255 e. The molecule has 0 atom stereocenters. The van der Waals surface area contributed by atoms with Crippen molar-refractivity contribution in [2.24, 2.45) is 7.05 Å². The lowest BCUT2D eigenvalue weighted by Crippen LogP contribution is -2.24. The zero-order valence-corrected chi connectivity index (χ0v) is 16.0. The first-order chi connectivity index (χ1) is 13.1. The molecule has 6 heteroatoms. The number of aryl methyl sites for hydroxylation is 1. The molecule has 0 aliphatic carbocycles. The molecule has 4 aromatic rings. The van der Waals surface area contributed by atoms with Crippen LogP contribution in [0.2, 0.25) is 0 Å². The molecule has 1 N–H and O–H groups in total. The molecule has 27 heavy (non-hydrogen) atoms. The number of nitrogens with one attached hydrogen (secondary N) is 1. The number of rotatable bonds is 5. The first-order valence-corrected chi connectivity index (χ1v) is 9.60. The highest BCUT2D eigenvalue weighted by atomic mass is 32.1. The molecule has 0 aliphatic heterocycles. The van der Waals surface area contributed by atoms with Crippen molar-refractivity contribution in [3.63, 3.8) is 0 Å². The van der Waals surface area contributed by atoms with Crippen LogP contribution in [0.15, 0.2) is 66.2 Å². The van der Waals surface area contributed by atoms with E-state index >= 15 is 0 Å². The zero-order chi connectivity index (χ0) is 18.8. The molecule has 3 aromatic heterocycles. The van der Waals surface area contributed by atoms with Crippen LogP contribution in [0.3, 0.4) is 0 Å². The Balaban J connectivity index is 1.65. The van der Waals surface area contributed by atoms with Gasteiger partial charge in [-0.1, -0.05) is 24.3 Å². The molecule has 0 spiro atoms. The molecule has 1 amide bonds. The molecule has 3 heterocycles. The van der Waals surface area contributed by atoms with Crippen molar-refractivity contribution in [2.75, 3.05) is 0 Å². The minimum Gasteiger partial charge on any atom is -0.350 e. The number of para-hydroxylation sites is 1. The van der Waals surface area contributed by atoms with Crippen LogP contribution in [0.4, 0.5) is 0 Å². The highest BCUT2D eigenvalue weighted by molar-refractivity contribution is 7.13. The number of carbonyl (C=O) groups excluding carboxylic acids is 1. The van der Waals surface area contributed by atoms with E-state index in [-0.39, 0.29) is 5.91 Å². The van der Waals surface area contributed by atoms with Crippen LogP contribution >= 0.6 is 11.3 Å². The van der Waals surface area contributed by atoms with Gasteiger partial charge in [-0.3, -0.25) is 4.79 Å². The number of carbonyl (C=O) groups is 1. The maximum absolute atomic E-state index is 12.9. The van der Waals surface area contributed by atoms with Gasteiger partial charge < -0.3 is 9.88 Å². The predicted molar refractivity (Wildman–Crippen MR) is 108 cm³/mol. The van der Waals surface area contributed by atoms with Crippen LogP contribution in [-0.4, -0.2) is 20.3 Å². The number of thiophene rings is 1. The molecule has 136 valence electrons. The van der Waals surface area contributed by atoms with E-state index in [0.29, 0.717) is 17.8 Å². The van der Waals surface area contributed by atoms with Gasteiger partial charge in [0.25, 0.3) is 5.91 Å². The number of benzene rings is 1. The smallest absolute Gasteiger partial charge is 0.255 e. The third-order valence-corrected chi connectivity index (χ3v) is 5.52. The second-order valence-corrected chi connectivity index (χ2v) is 7.30. The lowest BCUT2D eigenvalue weighted by atomic mass is 10.2. The summed E-state index contributed by atoms with van der Waals surface area (Å²) in [5.74, 6) is -0.126. The number of hydrogen-bond acceptors (Lipinski definition) is 3. The number of aromatic nitrogens is 3. The largest absolute Gasteiger partial charge is 0.350 e. The van der Waals surface area contributed by atoms with Gasteiger partial charge in [-0.15, -0.1) is 11.3 Å². The van der Waals surface area contributed by atoms with Crippen LogP contribution < -0.4 is 5.32 Å². The first-order valence-electron chi connectivity index (χ1n) is 8.72. The average Bonchev–Trinajstić information content (AvgIpc) is 3.42. The highest BCUT2D eigenvalue weighted by Gasteiger charge is 2.19. The lowest BCUT2D eigenvalue weighted by Gasteiger charge is -2.07. The second-order valence-electron chi connectivity index (χ2n) is 6.36. The fourth-order valence-electron chi connectivity index (χ4n) is 2.96. The van der Waals surface area contributed by atoms with Gasteiger partial charge in [0.15, 0.2) is 0 Å². The quantitative estimate of drug-likeness (QED) is 0.568. The summed E-state index contributed by atoms with van der Waals surface area (Å²) in [5.41, 5.74) is 4.43. The third kappa shape index (κ3) is 3.44. The minimum atomic E-state index is -0.126. The molecule has 5 nitrogen and oxygen atoms in total. The van der Waals surface area contributed by atoms with Crippen molar-refractivity contribution in [1.29, 1.82) is 0 Å². The summed E-state index contributed by atoms with van der Waals surface area (Å²) in [6.45, 7) is 2.52. The van der Waals surface area contributed by atoms with Crippen LogP contribution in [0.25, 0.3) is 16.3 Å². The van der Waals surface area contributed by atoms with Crippen molar-refractivity contribution in [3.05, 3.63) is 83.1 Å².